The minimum absolute atomic E-state index is 0.00599. The average molecular weight is 652 g/mol. The summed E-state index contributed by atoms with van der Waals surface area (Å²) in [5.41, 5.74) is 1.64. The molecule has 1 aliphatic carbocycles. The van der Waals surface area contributed by atoms with E-state index in [1.807, 2.05) is 31.2 Å². The molecule has 1 fully saturated rings. The Bertz CT molecular complexity index is 1280. The van der Waals surface area contributed by atoms with Gasteiger partial charge in [-0.05, 0) is 61.1 Å². The highest BCUT2D eigenvalue weighted by Crippen LogP contribution is 2.43. The van der Waals surface area contributed by atoms with E-state index in [0.29, 0.717) is 42.7 Å². The summed E-state index contributed by atoms with van der Waals surface area (Å²) in [5.74, 6) is 0.373. The van der Waals surface area contributed by atoms with Crippen LogP contribution in [-0.2, 0) is 19.2 Å². The molecule has 3 aromatic carbocycles. The smallest absolute Gasteiger partial charge is 0.351 e. The summed E-state index contributed by atoms with van der Waals surface area (Å²) in [6, 6.07) is 17.6. The average Bonchev–Trinajstić information content (AvgIpc) is 2.92. The number of carbonyl (C=O) groups excluding carboxylic acids is 2. The van der Waals surface area contributed by atoms with Crippen molar-refractivity contribution < 1.29 is 26.9 Å². The molecular formula is C28H31IO6P2. The molecule has 2 atom stereocenters. The molecule has 196 valence electrons. The minimum atomic E-state index is -0.562. The quantitative estimate of drug-likeness (QED) is 0.146. The van der Waals surface area contributed by atoms with Gasteiger partial charge < -0.3 is 17.3 Å². The fourth-order valence-corrected chi connectivity index (χ4v) is 5.53. The number of fused-ring (bicyclic) bond motifs is 1. The summed E-state index contributed by atoms with van der Waals surface area (Å²) < 4.78 is 22.5. The van der Waals surface area contributed by atoms with Gasteiger partial charge in [0, 0.05) is 11.0 Å². The van der Waals surface area contributed by atoms with Crippen LogP contribution in [0.1, 0.15) is 59.5 Å². The predicted octanol–water partition coefficient (Wildman–Crippen LogP) is 7.18. The normalized spacial score (nSPS) is 19.5. The standard InChI is InChI=1S/C28H31IO6P2/c1-28(27(31)33-16-18-8-5-7-17-6-3-4-9-20(17)18)12-10-19(11-13-28)34-24-14-21(25(30)35-29)23(32-2)15-22(24)26(36)37/h3-9,14-15,19,26H,10-13,16,36-37H2,1-2H3/t19-,28+. The Morgan fingerprint density at radius 2 is 1.76 bits per heavy atom. The topological polar surface area (TPSA) is 71.1 Å². The first-order valence-corrected chi connectivity index (χ1v) is 14.3. The molecule has 0 aliphatic heterocycles. The first-order valence-electron chi connectivity index (χ1n) is 12.1. The van der Waals surface area contributed by atoms with Gasteiger partial charge in [-0.2, -0.15) is 0 Å². The molecule has 0 amide bonds. The zero-order valence-electron chi connectivity index (χ0n) is 20.9. The van der Waals surface area contributed by atoms with Crippen molar-refractivity contribution in [3.05, 3.63) is 71.3 Å². The molecule has 1 aliphatic rings. The lowest BCUT2D eigenvalue weighted by molar-refractivity contribution is -0.159. The fourth-order valence-electron chi connectivity index (χ4n) is 4.77. The van der Waals surface area contributed by atoms with Gasteiger partial charge in [-0.1, -0.05) is 42.5 Å². The van der Waals surface area contributed by atoms with Crippen molar-refractivity contribution in [2.24, 2.45) is 5.41 Å². The minimum Gasteiger partial charge on any atom is -0.496 e. The van der Waals surface area contributed by atoms with E-state index in [9.17, 15) is 9.59 Å². The Hall–Kier alpha value is -1.95. The molecule has 1 saturated carbocycles. The van der Waals surface area contributed by atoms with Crippen LogP contribution in [0.25, 0.3) is 10.8 Å². The second-order valence-corrected chi connectivity index (χ2v) is 12.2. The SMILES string of the molecule is COc1cc(C(P)P)c(O[C@H]2CC[C@@](C)(C(=O)OCc3cccc4ccccc34)CC2)cc1C(=O)OI. The van der Waals surface area contributed by atoms with E-state index >= 15 is 0 Å². The van der Waals surface area contributed by atoms with Crippen LogP contribution in [-0.4, -0.2) is 25.2 Å². The highest BCUT2D eigenvalue weighted by atomic mass is 127. The maximum Gasteiger partial charge on any atom is 0.351 e. The summed E-state index contributed by atoms with van der Waals surface area (Å²) in [7, 11) is 6.96. The molecule has 0 heterocycles. The van der Waals surface area contributed by atoms with Crippen LogP contribution in [0.15, 0.2) is 54.6 Å². The first kappa shape index (κ1) is 28.1. The molecule has 0 N–H and O–H groups in total. The van der Waals surface area contributed by atoms with Gasteiger partial charge in [0.15, 0.2) is 23.0 Å². The van der Waals surface area contributed by atoms with Crippen LogP contribution < -0.4 is 9.47 Å². The first-order chi connectivity index (χ1) is 17.8. The molecule has 6 nitrogen and oxygen atoms in total. The highest BCUT2D eigenvalue weighted by Gasteiger charge is 2.40. The van der Waals surface area contributed by atoms with Crippen molar-refractivity contribution in [2.75, 3.05) is 7.11 Å². The lowest BCUT2D eigenvalue weighted by Crippen LogP contribution is -2.37. The summed E-state index contributed by atoms with van der Waals surface area (Å²) in [6.07, 6.45) is 2.64. The van der Waals surface area contributed by atoms with Gasteiger partial charge in [-0.25, -0.2) is 4.79 Å². The maximum atomic E-state index is 13.1. The largest absolute Gasteiger partial charge is 0.496 e. The number of carbonyl (C=O) groups is 2. The van der Waals surface area contributed by atoms with E-state index < -0.39 is 11.4 Å². The molecule has 0 saturated heterocycles. The third-order valence-corrected chi connectivity index (χ3v) is 8.16. The summed E-state index contributed by atoms with van der Waals surface area (Å²) in [5, 5.41) is 2.24. The van der Waals surface area contributed by atoms with Crippen LogP contribution in [0, 0.1) is 5.41 Å². The number of hydrogen-bond acceptors (Lipinski definition) is 6. The Kier molecular flexibility index (Phi) is 9.31. The zero-order valence-corrected chi connectivity index (χ0v) is 25.3. The third-order valence-electron chi connectivity index (χ3n) is 7.04. The molecule has 0 radical (unpaired) electrons. The van der Waals surface area contributed by atoms with E-state index in [2.05, 4.69) is 36.7 Å². The van der Waals surface area contributed by atoms with Gasteiger partial charge in [-0.15, -0.1) is 18.5 Å². The Morgan fingerprint density at radius 3 is 2.43 bits per heavy atom. The van der Waals surface area contributed by atoms with Crippen molar-refractivity contribution >= 4 is 64.2 Å². The van der Waals surface area contributed by atoms with Gasteiger partial charge >= 0.3 is 11.9 Å². The highest BCUT2D eigenvalue weighted by molar-refractivity contribution is 14.1. The molecule has 0 aromatic heterocycles. The molecule has 37 heavy (non-hydrogen) atoms. The molecule has 3 aromatic rings. The Labute approximate surface area is 236 Å². The third kappa shape index (κ3) is 6.38. The lowest BCUT2D eigenvalue weighted by Gasteiger charge is -2.35. The number of hydrogen-bond donors (Lipinski definition) is 0. The van der Waals surface area contributed by atoms with Gasteiger partial charge in [0.1, 0.15) is 23.7 Å². The van der Waals surface area contributed by atoms with Crippen LogP contribution in [0.3, 0.4) is 0 Å². The van der Waals surface area contributed by atoms with Crippen molar-refractivity contribution in [1.29, 1.82) is 0 Å². The number of benzene rings is 3. The molecule has 0 bridgehead atoms. The second kappa shape index (κ2) is 12.3. The monoisotopic (exact) mass is 652 g/mol. The van der Waals surface area contributed by atoms with E-state index in [4.69, 9.17) is 17.3 Å². The van der Waals surface area contributed by atoms with Crippen molar-refractivity contribution in [2.45, 2.75) is 50.7 Å². The van der Waals surface area contributed by atoms with Crippen LogP contribution in [0.5, 0.6) is 11.5 Å². The number of esters is 1. The van der Waals surface area contributed by atoms with Gasteiger partial charge in [0.2, 0.25) is 0 Å². The molecular weight excluding hydrogens is 621 g/mol. The number of halogens is 1. The molecule has 0 spiro atoms. The van der Waals surface area contributed by atoms with Crippen LogP contribution in [0.2, 0.25) is 0 Å². The van der Waals surface area contributed by atoms with Crippen molar-refractivity contribution in [3.63, 3.8) is 0 Å². The van der Waals surface area contributed by atoms with E-state index in [0.717, 1.165) is 21.9 Å². The predicted molar refractivity (Wildman–Crippen MR) is 159 cm³/mol. The summed E-state index contributed by atoms with van der Waals surface area (Å²) in [6.45, 7) is 2.23. The molecule has 2 unspecified atom stereocenters. The van der Waals surface area contributed by atoms with Crippen LogP contribution >= 0.6 is 41.5 Å². The molecule has 4 rings (SSSR count). The number of ether oxygens (including phenoxy) is 3. The lowest BCUT2D eigenvalue weighted by atomic mass is 9.74. The Morgan fingerprint density at radius 1 is 1.05 bits per heavy atom. The summed E-state index contributed by atoms with van der Waals surface area (Å²) >= 11 is 1.57. The summed E-state index contributed by atoms with van der Waals surface area (Å²) in [4.78, 5) is 25.4. The van der Waals surface area contributed by atoms with Crippen molar-refractivity contribution in [1.82, 2.24) is 0 Å². The van der Waals surface area contributed by atoms with E-state index in [1.54, 1.807) is 35.1 Å². The van der Waals surface area contributed by atoms with E-state index in [-0.39, 0.29) is 24.1 Å². The van der Waals surface area contributed by atoms with Gasteiger partial charge in [0.25, 0.3) is 0 Å². The molecule has 9 heteroatoms. The van der Waals surface area contributed by atoms with Gasteiger partial charge in [0.05, 0.1) is 18.6 Å². The number of methoxy groups -OCH3 is 1. The fraction of sp³-hybridized carbons (Fsp3) is 0.357. The zero-order chi connectivity index (χ0) is 26.6. The van der Waals surface area contributed by atoms with Crippen LogP contribution in [0.4, 0.5) is 0 Å². The van der Waals surface area contributed by atoms with Gasteiger partial charge in [-0.3, -0.25) is 4.79 Å². The second-order valence-electron chi connectivity index (χ2n) is 9.57. The maximum absolute atomic E-state index is 13.1. The van der Waals surface area contributed by atoms with E-state index in [1.165, 1.54) is 7.11 Å². The van der Waals surface area contributed by atoms with Crippen molar-refractivity contribution in [3.8, 4) is 11.5 Å². The Balaban J connectivity index is 1.42. The number of rotatable bonds is 8.